The predicted molar refractivity (Wildman–Crippen MR) is 58.4 cm³/mol. The van der Waals surface area contributed by atoms with E-state index < -0.39 is 0 Å². The van der Waals surface area contributed by atoms with Gasteiger partial charge < -0.3 is 4.74 Å². The molecule has 0 N–H and O–H groups in total. The maximum absolute atomic E-state index is 11.7. The third-order valence-corrected chi connectivity index (χ3v) is 2.36. The van der Waals surface area contributed by atoms with Crippen LogP contribution in [0.2, 0.25) is 0 Å². The number of carbonyl (C=O) groups is 1. The molecule has 0 saturated carbocycles. The van der Waals surface area contributed by atoms with Crippen molar-refractivity contribution in [2.75, 3.05) is 6.61 Å². The second-order valence-corrected chi connectivity index (χ2v) is 3.52. The summed E-state index contributed by atoms with van der Waals surface area (Å²) >= 11 is 0. The number of fused-ring (bicyclic) bond motifs is 1. The van der Waals surface area contributed by atoms with Gasteiger partial charge in [0.25, 0.3) is 0 Å². The summed E-state index contributed by atoms with van der Waals surface area (Å²) < 4.78 is 6.51. The van der Waals surface area contributed by atoms with Crippen molar-refractivity contribution in [1.29, 1.82) is 0 Å². The van der Waals surface area contributed by atoms with Crippen LogP contribution in [-0.2, 0) is 4.74 Å². The van der Waals surface area contributed by atoms with Crippen molar-refractivity contribution < 1.29 is 9.53 Å². The molecule has 0 saturated heterocycles. The summed E-state index contributed by atoms with van der Waals surface area (Å²) in [7, 11) is 0. The first-order valence-electron chi connectivity index (χ1n) is 5.13. The van der Waals surface area contributed by atoms with Gasteiger partial charge in [0.05, 0.1) is 12.3 Å². The van der Waals surface area contributed by atoms with Crippen molar-refractivity contribution in [3.63, 3.8) is 0 Å². The van der Waals surface area contributed by atoms with E-state index in [1.54, 1.807) is 20.0 Å². The van der Waals surface area contributed by atoms with Gasteiger partial charge in [-0.1, -0.05) is 0 Å². The Morgan fingerprint density at radius 2 is 2.25 bits per heavy atom. The van der Waals surface area contributed by atoms with Crippen LogP contribution in [0.1, 0.15) is 28.7 Å². The van der Waals surface area contributed by atoms with Crippen molar-refractivity contribution in [2.24, 2.45) is 0 Å². The molecule has 0 bridgehead atoms. The van der Waals surface area contributed by atoms with Crippen LogP contribution in [0.15, 0.2) is 12.3 Å². The minimum atomic E-state index is -0.384. The summed E-state index contributed by atoms with van der Waals surface area (Å²) in [6.45, 7) is 5.82. The number of hydrogen-bond donors (Lipinski definition) is 0. The first-order valence-corrected chi connectivity index (χ1v) is 5.13. The Labute approximate surface area is 93.1 Å². The van der Waals surface area contributed by atoms with Gasteiger partial charge in [0.2, 0.25) is 0 Å². The lowest BCUT2D eigenvalue weighted by Gasteiger charge is -2.02. The van der Waals surface area contributed by atoms with Crippen LogP contribution in [0.4, 0.5) is 0 Å². The fourth-order valence-electron chi connectivity index (χ4n) is 1.61. The van der Waals surface area contributed by atoms with Crippen molar-refractivity contribution >= 4 is 11.6 Å². The monoisotopic (exact) mass is 219 g/mol. The zero-order valence-corrected chi connectivity index (χ0v) is 9.52. The minimum absolute atomic E-state index is 0.345. The summed E-state index contributed by atoms with van der Waals surface area (Å²) in [4.78, 5) is 16.0. The van der Waals surface area contributed by atoms with Gasteiger partial charge in [-0.05, 0) is 32.4 Å². The van der Waals surface area contributed by atoms with E-state index in [1.807, 2.05) is 13.0 Å². The summed E-state index contributed by atoms with van der Waals surface area (Å²) in [5.74, 6) is -0.384. The van der Waals surface area contributed by atoms with Gasteiger partial charge in [-0.3, -0.25) is 0 Å². The van der Waals surface area contributed by atoms with Gasteiger partial charge in [0.1, 0.15) is 0 Å². The average Bonchev–Trinajstić information content (AvgIpc) is 2.56. The normalized spacial score (nSPS) is 10.7. The molecule has 0 amide bonds. The van der Waals surface area contributed by atoms with Crippen molar-refractivity contribution in [3.05, 3.63) is 29.2 Å². The highest BCUT2D eigenvalue weighted by molar-refractivity contribution is 5.89. The Hall–Kier alpha value is -1.91. The molecule has 0 aromatic carbocycles. The van der Waals surface area contributed by atoms with Gasteiger partial charge >= 0.3 is 5.97 Å². The smallest absolute Gasteiger partial charge is 0.358 e. The molecule has 0 aliphatic heterocycles. The summed E-state index contributed by atoms with van der Waals surface area (Å²) in [6.07, 6.45) is 1.65. The van der Waals surface area contributed by atoms with Crippen LogP contribution in [0, 0.1) is 13.8 Å². The molecule has 0 fully saturated rings. The molecule has 16 heavy (non-hydrogen) atoms. The lowest BCUT2D eigenvalue weighted by Crippen LogP contribution is -2.11. The largest absolute Gasteiger partial charge is 0.461 e. The molecule has 5 nitrogen and oxygen atoms in total. The van der Waals surface area contributed by atoms with E-state index >= 15 is 0 Å². The zero-order chi connectivity index (χ0) is 11.7. The Balaban J connectivity index is 2.65. The molecule has 2 aromatic rings. The molecule has 5 heteroatoms. The van der Waals surface area contributed by atoms with Crippen LogP contribution in [0.5, 0.6) is 0 Å². The number of aryl methyl sites for hydroxylation is 2. The first kappa shape index (κ1) is 10.6. The summed E-state index contributed by atoms with van der Waals surface area (Å²) in [5.41, 5.74) is 2.72. The molecule has 0 aliphatic rings. The number of aromatic nitrogens is 3. The lowest BCUT2D eigenvalue weighted by molar-refractivity contribution is 0.0516. The van der Waals surface area contributed by atoms with Crippen molar-refractivity contribution in [1.82, 2.24) is 14.6 Å². The average molecular weight is 219 g/mol. The fraction of sp³-hybridized carbons (Fsp3) is 0.364. The third kappa shape index (κ3) is 1.54. The highest BCUT2D eigenvalue weighted by Gasteiger charge is 2.19. The van der Waals surface area contributed by atoms with Gasteiger partial charge in [-0.2, -0.15) is 5.10 Å². The molecule has 84 valence electrons. The number of hydrogen-bond acceptors (Lipinski definition) is 4. The molecule has 0 unspecified atom stereocenters. The van der Waals surface area contributed by atoms with E-state index in [0.29, 0.717) is 23.6 Å². The van der Waals surface area contributed by atoms with Crippen LogP contribution in [0.3, 0.4) is 0 Å². The molecule has 0 atom stereocenters. The van der Waals surface area contributed by atoms with E-state index in [1.165, 1.54) is 4.52 Å². The number of ether oxygens (including phenoxy) is 1. The summed E-state index contributed by atoms with van der Waals surface area (Å²) in [6, 6.07) is 1.86. The molecule has 2 rings (SSSR count). The third-order valence-electron chi connectivity index (χ3n) is 2.36. The second-order valence-electron chi connectivity index (χ2n) is 3.52. The van der Waals surface area contributed by atoms with Gasteiger partial charge in [0, 0.05) is 6.20 Å². The molecule has 2 heterocycles. The molecular formula is C11H13N3O2. The molecule has 0 aliphatic carbocycles. The Bertz CT molecular complexity index is 545. The van der Waals surface area contributed by atoms with E-state index in [2.05, 4.69) is 10.1 Å². The Kier molecular flexibility index (Phi) is 2.60. The number of carbonyl (C=O) groups excluding carboxylic acids is 1. The Morgan fingerprint density at radius 3 is 2.94 bits per heavy atom. The topological polar surface area (TPSA) is 56.5 Å². The molecule has 2 aromatic heterocycles. The van der Waals surface area contributed by atoms with Crippen molar-refractivity contribution in [2.45, 2.75) is 20.8 Å². The van der Waals surface area contributed by atoms with Gasteiger partial charge in [-0.25, -0.2) is 14.3 Å². The number of esters is 1. The number of rotatable bonds is 2. The standard InChI is InChI=1S/C11H13N3O2/c1-4-16-11(15)9-8(3)13-10-7(2)5-6-12-14(9)10/h5-6H,4H2,1-3H3. The summed E-state index contributed by atoms with van der Waals surface area (Å²) in [5, 5.41) is 4.12. The SMILES string of the molecule is CCOC(=O)c1c(C)nc2c(C)ccnn12. The minimum Gasteiger partial charge on any atom is -0.461 e. The molecule has 0 radical (unpaired) electrons. The Morgan fingerprint density at radius 1 is 1.50 bits per heavy atom. The van der Waals surface area contributed by atoms with E-state index in [9.17, 15) is 4.79 Å². The number of nitrogens with zero attached hydrogens (tertiary/aromatic N) is 3. The highest BCUT2D eigenvalue weighted by atomic mass is 16.5. The maximum atomic E-state index is 11.7. The highest BCUT2D eigenvalue weighted by Crippen LogP contribution is 2.14. The predicted octanol–water partition coefficient (Wildman–Crippen LogP) is 1.52. The van der Waals surface area contributed by atoms with E-state index in [-0.39, 0.29) is 5.97 Å². The first-order chi connectivity index (χ1) is 7.65. The molecule has 0 spiro atoms. The van der Waals surface area contributed by atoms with E-state index in [4.69, 9.17) is 4.74 Å². The van der Waals surface area contributed by atoms with Crippen LogP contribution < -0.4 is 0 Å². The van der Waals surface area contributed by atoms with Crippen LogP contribution in [-0.4, -0.2) is 27.2 Å². The van der Waals surface area contributed by atoms with Crippen LogP contribution >= 0.6 is 0 Å². The quantitative estimate of drug-likeness (QED) is 0.718. The lowest BCUT2D eigenvalue weighted by atomic mass is 10.3. The maximum Gasteiger partial charge on any atom is 0.358 e. The fourth-order valence-corrected chi connectivity index (χ4v) is 1.61. The zero-order valence-electron chi connectivity index (χ0n) is 9.52. The number of imidazole rings is 1. The van der Waals surface area contributed by atoms with Crippen LogP contribution in [0.25, 0.3) is 5.65 Å². The second kappa shape index (κ2) is 3.92. The van der Waals surface area contributed by atoms with E-state index in [0.717, 1.165) is 5.56 Å². The van der Waals surface area contributed by atoms with Crippen molar-refractivity contribution in [3.8, 4) is 0 Å². The molecular weight excluding hydrogens is 206 g/mol. The van der Waals surface area contributed by atoms with Gasteiger partial charge in [0.15, 0.2) is 11.3 Å². The van der Waals surface area contributed by atoms with Gasteiger partial charge in [-0.15, -0.1) is 0 Å².